The Labute approximate surface area is 178 Å². The quantitative estimate of drug-likeness (QED) is 0.493. The van der Waals surface area contributed by atoms with E-state index in [1.165, 1.54) is 4.88 Å². The van der Waals surface area contributed by atoms with Crippen LogP contribution in [-0.2, 0) is 12.8 Å². The largest absolute Gasteiger partial charge is 0.497 e. The van der Waals surface area contributed by atoms with Crippen LogP contribution in [0.1, 0.15) is 27.3 Å². The van der Waals surface area contributed by atoms with Crippen LogP contribution in [0.4, 0.5) is 5.69 Å². The molecule has 1 aliphatic carbocycles. The molecular formula is C23H20N4O2S. The Morgan fingerprint density at radius 2 is 1.93 bits per heavy atom. The van der Waals surface area contributed by atoms with Crippen LogP contribution in [0.5, 0.6) is 5.75 Å². The highest BCUT2D eigenvalue weighted by Gasteiger charge is 2.26. The van der Waals surface area contributed by atoms with E-state index in [-0.39, 0.29) is 5.91 Å². The molecule has 4 aromatic rings. The summed E-state index contributed by atoms with van der Waals surface area (Å²) in [4.78, 5) is 26.7. The maximum absolute atomic E-state index is 13.1. The first-order chi connectivity index (χ1) is 14.7. The molecule has 5 rings (SSSR count). The number of thiazole rings is 1. The molecule has 0 unspecified atom stereocenters. The van der Waals surface area contributed by atoms with Crippen LogP contribution >= 0.6 is 11.3 Å². The SMILES string of the molecule is COc1ccc(NC(=O)c2c[nH]c3c2-c2nc(-c4ccncc4)sc2CCC3)cc1. The van der Waals surface area contributed by atoms with Gasteiger partial charge >= 0.3 is 0 Å². The molecule has 3 heterocycles. The highest BCUT2D eigenvalue weighted by molar-refractivity contribution is 7.15. The number of nitrogens with one attached hydrogen (secondary N) is 2. The van der Waals surface area contributed by atoms with Crippen molar-refractivity contribution in [1.29, 1.82) is 0 Å². The van der Waals surface area contributed by atoms with E-state index in [0.717, 1.165) is 58.2 Å². The second-order valence-electron chi connectivity index (χ2n) is 7.12. The topological polar surface area (TPSA) is 79.9 Å². The number of benzene rings is 1. The number of ether oxygens (including phenoxy) is 1. The molecule has 1 aliphatic rings. The fourth-order valence-electron chi connectivity index (χ4n) is 3.75. The zero-order valence-corrected chi connectivity index (χ0v) is 17.3. The van der Waals surface area contributed by atoms with Gasteiger partial charge in [0.1, 0.15) is 10.8 Å². The van der Waals surface area contributed by atoms with Gasteiger partial charge in [0.15, 0.2) is 0 Å². The first-order valence-corrected chi connectivity index (χ1v) is 10.6. The lowest BCUT2D eigenvalue weighted by Crippen LogP contribution is -2.12. The van der Waals surface area contributed by atoms with Gasteiger partial charge in [-0.05, 0) is 55.7 Å². The van der Waals surface area contributed by atoms with Crippen molar-refractivity contribution < 1.29 is 9.53 Å². The third kappa shape index (κ3) is 3.37. The summed E-state index contributed by atoms with van der Waals surface area (Å²) >= 11 is 1.70. The number of methoxy groups -OCH3 is 1. The predicted octanol–water partition coefficient (Wildman–Crippen LogP) is 4.95. The Kier molecular flexibility index (Phi) is 4.80. The van der Waals surface area contributed by atoms with Gasteiger partial charge in [-0.2, -0.15) is 0 Å². The lowest BCUT2D eigenvalue weighted by Gasteiger charge is -2.07. The third-order valence-corrected chi connectivity index (χ3v) is 6.41. The van der Waals surface area contributed by atoms with E-state index in [4.69, 9.17) is 9.72 Å². The van der Waals surface area contributed by atoms with Gasteiger partial charge in [0.2, 0.25) is 0 Å². The van der Waals surface area contributed by atoms with Gasteiger partial charge in [0.25, 0.3) is 5.91 Å². The molecule has 0 saturated heterocycles. The molecule has 0 fully saturated rings. The molecule has 0 spiro atoms. The molecule has 6 nitrogen and oxygen atoms in total. The van der Waals surface area contributed by atoms with Crippen molar-refractivity contribution in [2.75, 3.05) is 12.4 Å². The number of hydrogen-bond acceptors (Lipinski definition) is 5. The number of fused-ring (bicyclic) bond motifs is 3. The molecular weight excluding hydrogens is 396 g/mol. The number of nitrogens with zero attached hydrogens (tertiary/aromatic N) is 2. The molecule has 3 aromatic heterocycles. The van der Waals surface area contributed by atoms with Gasteiger partial charge < -0.3 is 15.0 Å². The zero-order chi connectivity index (χ0) is 20.5. The first-order valence-electron chi connectivity index (χ1n) is 9.79. The van der Waals surface area contributed by atoms with E-state index in [1.807, 2.05) is 36.4 Å². The number of carbonyl (C=O) groups is 1. The van der Waals surface area contributed by atoms with Gasteiger partial charge in [0.05, 0.1) is 18.4 Å². The Morgan fingerprint density at radius 1 is 1.13 bits per heavy atom. The Balaban J connectivity index is 1.51. The van der Waals surface area contributed by atoms with Crippen LogP contribution < -0.4 is 10.1 Å². The average Bonchev–Trinajstić information content (AvgIpc) is 3.35. The maximum atomic E-state index is 13.1. The van der Waals surface area contributed by atoms with Crippen molar-refractivity contribution >= 4 is 22.9 Å². The van der Waals surface area contributed by atoms with Gasteiger partial charge in [-0.25, -0.2) is 4.98 Å². The summed E-state index contributed by atoms with van der Waals surface area (Å²) < 4.78 is 5.18. The number of pyridine rings is 1. The van der Waals surface area contributed by atoms with Crippen LogP contribution in [-0.4, -0.2) is 28.0 Å². The second-order valence-corrected chi connectivity index (χ2v) is 8.20. The highest BCUT2D eigenvalue weighted by Crippen LogP contribution is 2.40. The van der Waals surface area contributed by atoms with Gasteiger partial charge in [-0.3, -0.25) is 9.78 Å². The molecule has 150 valence electrons. The van der Waals surface area contributed by atoms with Crippen molar-refractivity contribution in [2.45, 2.75) is 19.3 Å². The van der Waals surface area contributed by atoms with E-state index >= 15 is 0 Å². The standard InChI is InChI=1S/C23H20N4O2S/c1-29-16-7-5-15(6-8-16)26-22(28)17-13-25-18-3-2-4-19-21(20(17)18)27-23(30-19)14-9-11-24-12-10-14/h5-13,25H,2-4H2,1H3,(H,26,28). The Bertz CT molecular complexity index is 1200. The predicted molar refractivity (Wildman–Crippen MR) is 118 cm³/mol. The number of hydrogen-bond donors (Lipinski definition) is 2. The monoisotopic (exact) mass is 416 g/mol. The third-order valence-electron chi connectivity index (χ3n) is 5.25. The van der Waals surface area contributed by atoms with E-state index in [9.17, 15) is 4.79 Å². The number of amides is 1. The second kappa shape index (κ2) is 7.76. The van der Waals surface area contributed by atoms with Crippen molar-refractivity contribution in [3.8, 4) is 27.6 Å². The van der Waals surface area contributed by atoms with Crippen LogP contribution in [0, 0.1) is 0 Å². The lowest BCUT2D eigenvalue weighted by molar-refractivity contribution is 0.102. The van der Waals surface area contributed by atoms with Crippen LogP contribution in [0.15, 0.2) is 55.0 Å². The number of aromatic nitrogens is 3. The first kappa shape index (κ1) is 18.6. The molecule has 0 saturated carbocycles. The number of carbonyl (C=O) groups excluding carboxylic acids is 1. The van der Waals surface area contributed by atoms with E-state index in [2.05, 4.69) is 15.3 Å². The number of aromatic amines is 1. The lowest BCUT2D eigenvalue weighted by atomic mass is 10.1. The number of rotatable bonds is 4. The van der Waals surface area contributed by atoms with Crippen molar-refractivity contribution in [2.24, 2.45) is 0 Å². The normalized spacial score (nSPS) is 12.6. The van der Waals surface area contributed by atoms with Crippen LogP contribution in [0.3, 0.4) is 0 Å². The fraction of sp³-hybridized carbons (Fsp3) is 0.174. The summed E-state index contributed by atoms with van der Waals surface area (Å²) in [6, 6.07) is 11.2. The summed E-state index contributed by atoms with van der Waals surface area (Å²) in [7, 11) is 1.62. The summed E-state index contributed by atoms with van der Waals surface area (Å²) in [5.74, 6) is 0.600. The number of anilines is 1. The molecule has 1 aromatic carbocycles. The van der Waals surface area contributed by atoms with E-state index in [0.29, 0.717) is 5.56 Å². The van der Waals surface area contributed by atoms with E-state index in [1.54, 1.807) is 37.0 Å². The minimum atomic E-state index is -0.149. The maximum Gasteiger partial charge on any atom is 0.257 e. The smallest absolute Gasteiger partial charge is 0.257 e. The van der Waals surface area contributed by atoms with Crippen LogP contribution in [0.25, 0.3) is 21.8 Å². The van der Waals surface area contributed by atoms with Crippen molar-refractivity contribution in [1.82, 2.24) is 15.0 Å². The Morgan fingerprint density at radius 3 is 2.70 bits per heavy atom. The Hall–Kier alpha value is -3.45. The summed E-state index contributed by atoms with van der Waals surface area (Å²) in [6.07, 6.45) is 8.23. The highest BCUT2D eigenvalue weighted by atomic mass is 32.1. The summed E-state index contributed by atoms with van der Waals surface area (Å²) in [6.45, 7) is 0. The average molecular weight is 417 g/mol. The van der Waals surface area contributed by atoms with Gasteiger partial charge in [0, 0.05) is 46.0 Å². The molecule has 0 bridgehead atoms. The molecule has 0 atom stereocenters. The van der Waals surface area contributed by atoms with Gasteiger partial charge in [-0.15, -0.1) is 11.3 Å². The number of H-pyrrole nitrogens is 1. The summed E-state index contributed by atoms with van der Waals surface area (Å²) in [5.41, 5.74) is 5.30. The molecule has 1 amide bonds. The fourth-order valence-corrected chi connectivity index (χ4v) is 4.86. The van der Waals surface area contributed by atoms with Crippen molar-refractivity contribution in [3.63, 3.8) is 0 Å². The molecule has 0 radical (unpaired) electrons. The molecule has 0 aliphatic heterocycles. The van der Waals surface area contributed by atoms with Gasteiger partial charge in [-0.1, -0.05) is 0 Å². The minimum Gasteiger partial charge on any atom is -0.497 e. The van der Waals surface area contributed by atoms with E-state index < -0.39 is 0 Å². The molecule has 30 heavy (non-hydrogen) atoms. The van der Waals surface area contributed by atoms with Crippen molar-refractivity contribution in [3.05, 3.63) is 71.1 Å². The molecule has 7 heteroatoms. The summed E-state index contributed by atoms with van der Waals surface area (Å²) in [5, 5.41) is 3.94. The van der Waals surface area contributed by atoms with Crippen LogP contribution in [0.2, 0.25) is 0 Å². The minimum absolute atomic E-state index is 0.149. The molecule has 2 N–H and O–H groups in total. The number of aryl methyl sites for hydroxylation is 2. The zero-order valence-electron chi connectivity index (χ0n) is 16.4.